The van der Waals surface area contributed by atoms with Crippen LogP contribution in [0.15, 0.2) is 42.7 Å². The molecule has 2 aromatic rings. The van der Waals surface area contributed by atoms with Gasteiger partial charge in [0.15, 0.2) is 0 Å². The molecule has 0 unspecified atom stereocenters. The maximum atomic E-state index is 8.66. The van der Waals surface area contributed by atoms with Gasteiger partial charge in [-0.15, -0.1) is 0 Å². The van der Waals surface area contributed by atoms with Crippen molar-refractivity contribution in [2.24, 2.45) is 0 Å². The Morgan fingerprint density at radius 2 is 2.10 bits per heavy atom. The molecule has 0 saturated carbocycles. The van der Waals surface area contributed by atoms with E-state index in [-0.39, 0.29) is 6.61 Å². The maximum Gasteiger partial charge on any atom is 0.139 e. The van der Waals surface area contributed by atoms with E-state index >= 15 is 0 Å². The van der Waals surface area contributed by atoms with Crippen molar-refractivity contribution in [3.63, 3.8) is 0 Å². The highest BCUT2D eigenvalue weighted by Gasteiger charge is 1.99. The minimum absolute atomic E-state index is 0.172. The van der Waals surface area contributed by atoms with Gasteiger partial charge in [0.25, 0.3) is 0 Å². The third-order valence-corrected chi connectivity index (χ3v) is 2.56. The molecule has 4 nitrogen and oxygen atoms in total. The molecule has 4 heteroatoms. The fourth-order valence-corrected chi connectivity index (χ4v) is 1.64. The second kappa shape index (κ2) is 7.17. The zero-order chi connectivity index (χ0) is 14.2. The van der Waals surface area contributed by atoms with Crippen LogP contribution in [0.25, 0.3) is 0 Å². The molecule has 0 bridgehead atoms. The van der Waals surface area contributed by atoms with Crippen LogP contribution < -0.4 is 9.47 Å². The molecule has 1 heterocycles. The monoisotopic (exact) mass is 269 g/mol. The standard InChI is InChI=1S/C16H15NO3/c1-19-15-6-2-4-14(9-15)12-20-16-8-13(5-3-7-18)10-17-11-16/h2,4,6,8-11,18H,7,12H2,1H3. The molecule has 0 saturated heterocycles. The van der Waals surface area contributed by atoms with E-state index in [4.69, 9.17) is 14.6 Å². The fraction of sp³-hybridized carbons (Fsp3) is 0.188. The zero-order valence-electron chi connectivity index (χ0n) is 11.2. The zero-order valence-corrected chi connectivity index (χ0v) is 11.2. The fourth-order valence-electron chi connectivity index (χ4n) is 1.64. The van der Waals surface area contributed by atoms with E-state index in [1.54, 1.807) is 25.6 Å². The molecule has 1 aromatic heterocycles. The van der Waals surface area contributed by atoms with Crippen molar-refractivity contribution >= 4 is 0 Å². The molecule has 20 heavy (non-hydrogen) atoms. The number of rotatable bonds is 4. The highest BCUT2D eigenvalue weighted by atomic mass is 16.5. The van der Waals surface area contributed by atoms with Crippen LogP contribution in [0.4, 0.5) is 0 Å². The third kappa shape index (κ3) is 4.01. The summed E-state index contributed by atoms with van der Waals surface area (Å²) in [7, 11) is 1.63. The summed E-state index contributed by atoms with van der Waals surface area (Å²) in [6.07, 6.45) is 3.26. The Kier molecular flexibility index (Phi) is 4.99. The largest absolute Gasteiger partial charge is 0.497 e. The average molecular weight is 269 g/mol. The lowest BCUT2D eigenvalue weighted by Gasteiger charge is -2.07. The number of nitrogens with zero attached hydrogens (tertiary/aromatic N) is 1. The highest BCUT2D eigenvalue weighted by molar-refractivity contribution is 5.37. The predicted octanol–water partition coefficient (Wildman–Crippen LogP) is 2.01. The second-order valence-electron chi connectivity index (χ2n) is 4.01. The summed E-state index contributed by atoms with van der Waals surface area (Å²) in [4.78, 5) is 4.05. The van der Waals surface area contributed by atoms with Crippen LogP contribution in [-0.2, 0) is 6.61 Å². The number of pyridine rings is 1. The van der Waals surface area contributed by atoms with Crippen molar-refractivity contribution in [3.8, 4) is 23.3 Å². The maximum absolute atomic E-state index is 8.66. The van der Waals surface area contributed by atoms with Crippen molar-refractivity contribution in [2.45, 2.75) is 6.61 Å². The lowest BCUT2D eigenvalue weighted by atomic mass is 10.2. The molecule has 0 aliphatic rings. The van der Waals surface area contributed by atoms with Crippen LogP contribution in [0.5, 0.6) is 11.5 Å². The van der Waals surface area contributed by atoms with E-state index in [1.807, 2.05) is 24.3 Å². The van der Waals surface area contributed by atoms with Crippen LogP contribution >= 0.6 is 0 Å². The van der Waals surface area contributed by atoms with E-state index < -0.39 is 0 Å². The van der Waals surface area contributed by atoms with Crippen molar-refractivity contribution in [2.75, 3.05) is 13.7 Å². The van der Waals surface area contributed by atoms with E-state index in [0.717, 1.165) is 11.3 Å². The summed E-state index contributed by atoms with van der Waals surface area (Å²) in [6, 6.07) is 9.47. The lowest BCUT2D eigenvalue weighted by molar-refractivity contribution is 0.304. The van der Waals surface area contributed by atoms with Gasteiger partial charge in [0.2, 0.25) is 0 Å². The van der Waals surface area contributed by atoms with Crippen molar-refractivity contribution < 1.29 is 14.6 Å². The lowest BCUT2D eigenvalue weighted by Crippen LogP contribution is -1.97. The molecule has 0 fully saturated rings. The normalized spacial score (nSPS) is 9.50. The summed E-state index contributed by atoms with van der Waals surface area (Å²) in [5.41, 5.74) is 1.72. The Bertz CT molecular complexity index is 629. The van der Waals surface area contributed by atoms with Crippen LogP contribution in [0.3, 0.4) is 0 Å². The number of ether oxygens (including phenoxy) is 2. The van der Waals surface area contributed by atoms with E-state index in [1.165, 1.54) is 0 Å². The topological polar surface area (TPSA) is 51.6 Å². The Hall–Kier alpha value is -2.51. The van der Waals surface area contributed by atoms with Gasteiger partial charge in [-0.25, -0.2) is 0 Å². The molecular weight excluding hydrogens is 254 g/mol. The Labute approximate surface area is 118 Å². The van der Waals surface area contributed by atoms with Gasteiger partial charge in [-0.3, -0.25) is 4.98 Å². The molecule has 2 rings (SSSR count). The summed E-state index contributed by atoms with van der Waals surface area (Å²) >= 11 is 0. The first-order valence-corrected chi connectivity index (χ1v) is 6.12. The highest BCUT2D eigenvalue weighted by Crippen LogP contribution is 2.16. The quantitative estimate of drug-likeness (QED) is 0.863. The van der Waals surface area contributed by atoms with Crippen LogP contribution in [-0.4, -0.2) is 23.8 Å². The van der Waals surface area contributed by atoms with Crippen LogP contribution in [0.2, 0.25) is 0 Å². The van der Waals surface area contributed by atoms with Crippen LogP contribution in [0, 0.1) is 11.8 Å². The van der Waals surface area contributed by atoms with E-state index in [9.17, 15) is 0 Å². The van der Waals surface area contributed by atoms with Gasteiger partial charge in [-0.1, -0.05) is 24.0 Å². The third-order valence-electron chi connectivity index (χ3n) is 2.56. The molecule has 102 valence electrons. The van der Waals surface area contributed by atoms with Gasteiger partial charge in [-0.05, 0) is 23.8 Å². The van der Waals surface area contributed by atoms with Gasteiger partial charge in [-0.2, -0.15) is 0 Å². The number of aliphatic hydroxyl groups excluding tert-OH is 1. The molecule has 1 aromatic carbocycles. The average Bonchev–Trinajstić information content (AvgIpc) is 2.51. The Morgan fingerprint density at radius 3 is 2.90 bits per heavy atom. The second-order valence-corrected chi connectivity index (χ2v) is 4.01. The smallest absolute Gasteiger partial charge is 0.139 e. The molecule has 0 spiro atoms. The Morgan fingerprint density at radius 1 is 1.20 bits per heavy atom. The number of hydrogen-bond acceptors (Lipinski definition) is 4. The van der Waals surface area contributed by atoms with Gasteiger partial charge in [0.05, 0.1) is 13.3 Å². The summed E-state index contributed by atoms with van der Waals surface area (Å²) in [5, 5.41) is 8.66. The molecule has 0 aliphatic heterocycles. The number of aliphatic hydroxyl groups is 1. The van der Waals surface area contributed by atoms with E-state index in [0.29, 0.717) is 17.9 Å². The molecule has 0 aliphatic carbocycles. The summed E-state index contributed by atoms with van der Waals surface area (Å²) < 4.78 is 10.8. The summed E-state index contributed by atoms with van der Waals surface area (Å²) in [6.45, 7) is 0.255. The first kappa shape index (κ1) is 13.9. The number of methoxy groups -OCH3 is 1. The van der Waals surface area contributed by atoms with Crippen molar-refractivity contribution in [1.29, 1.82) is 0 Å². The van der Waals surface area contributed by atoms with Gasteiger partial charge in [0, 0.05) is 11.8 Å². The molecule has 1 N–H and O–H groups in total. The Balaban J connectivity index is 2.03. The van der Waals surface area contributed by atoms with Gasteiger partial charge < -0.3 is 14.6 Å². The SMILES string of the molecule is COc1cccc(COc2cncc(C#CCO)c2)c1. The van der Waals surface area contributed by atoms with Crippen LogP contribution in [0.1, 0.15) is 11.1 Å². The predicted molar refractivity (Wildman–Crippen MR) is 75.5 cm³/mol. The number of aromatic nitrogens is 1. The van der Waals surface area contributed by atoms with Crippen molar-refractivity contribution in [1.82, 2.24) is 4.98 Å². The number of benzene rings is 1. The van der Waals surface area contributed by atoms with Gasteiger partial charge in [0.1, 0.15) is 24.7 Å². The molecule has 0 amide bonds. The minimum Gasteiger partial charge on any atom is -0.497 e. The van der Waals surface area contributed by atoms with Crippen molar-refractivity contribution in [3.05, 3.63) is 53.9 Å². The van der Waals surface area contributed by atoms with E-state index in [2.05, 4.69) is 16.8 Å². The van der Waals surface area contributed by atoms with Gasteiger partial charge >= 0.3 is 0 Å². The first-order valence-electron chi connectivity index (χ1n) is 6.12. The molecule has 0 atom stereocenters. The number of hydrogen-bond donors (Lipinski definition) is 1. The minimum atomic E-state index is -0.172. The first-order chi connectivity index (χ1) is 9.81. The summed E-state index contributed by atoms with van der Waals surface area (Å²) in [5.74, 6) is 6.80. The molecular formula is C16H15NO3. The molecule has 0 radical (unpaired) electrons.